The van der Waals surface area contributed by atoms with E-state index in [1.807, 2.05) is 0 Å². The highest BCUT2D eigenvalue weighted by Crippen LogP contribution is 2.18. The molecule has 0 radical (unpaired) electrons. The highest BCUT2D eigenvalue weighted by Gasteiger charge is 2.43. The summed E-state index contributed by atoms with van der Waals surface area (Å²) in [5.74, 6) is -1.01. The zero-order valence-electron chi connectivity index (χ0n) is 13.6. The quantitative estimate of drug-likeness (QED) is 0.530. The molecule has 0 unspecified atom stereocenters. The molecule has 0 bridgehead atoms. The average Bonchev–Trinajstić information content (AvgIpc) is 2.59. The fraction of sp³-hybridized carbons (Fsp3) is 0.0588. The highest BCUT2D eigenvalue weighted by molar-refractivity contribution is 7.81. The number of benzene rings is 2. The number of carbonyl (C=O) groups excluding carboxylic acids is 1. The first-order valence-electron chi connectivity index (χ1n) is 7.40. The summed E-state index contributed by atoms with van der Waals surface area (Å²) in [6, 6.07) is 15.1. The first kappa shape index (κ1) is 20.9. The Hall–Kier alpha value is -2.44. The Labute approximate surface area is 176 Å². The lowest BCUT2D eigenvalue weighted by Gasteiger charge is -2.27. The van der Waals surface area contributed by atoms with E-state index >= 15 is 0 Å². The number of hydrogen-bond donors (Lipinski definition) is 4. The van der Waals surface area contributed by atoms with Gasteiger partial charge < -0.3 is 21.7 Å². The molecule has 10 heteroatoms. The van der Waals surface area contributed by atoms with Gasteiger partial charge in [0.15, 0.2) is 5.11 Å². The van der Waals surface area contributed by atoms with Crippen molar-refractivity contribution < 1.29 is 4.79 Å². The number of thiocarbonyl (C=S) groups is 2. The van der Waals surface area contributed by atoms with Crippen LogP contribution in [0.3, 0.4) is 0 Å². The van der Waals surface area contributed by atoms with Crippen molar-refractivity contribution in [2.45, 2.75) is 5.54 Å². The number of halogens is 2. The van der Waals surface area contributed by atoms with Crippen LogP contribution in [0.25, 0.3) is 0 Å². The van der Waals surface area contributed by atoms with Crippen LogP contribution in [0.1, 0.15) is 0 Å². The van der Waals surface area contributed by atoms with Crippen LogP contribution in [0, 0.1) is 11.3 Å². The van der Waals surface area contributed by atoms with Crippen LogP contribution in [0.15, 0.2) is 48.5 Å². The predicted octanol–water partition coefficient (Wildman–Crippen LogP) is 3.47. The van der Waals surface area contributed by atoms with Crippen molar-refractivity contribution in [3.8, 4) is 6.07 Å². The third-order valence-corrected chi connectivity index (χ3v) is 4.43. The van der Waals surface area contributed by atoms with Crippen molar-refractivity contribution in [3.05, 3.63) is 58.6 Å². The van der Waals surface area contributed by atoms with Crippen LogP contribution in [-0.2, 0) is 4.79 Å². The monoisotopic (exact) mass is 437 g/mol. The van der Waals surface area contributed by atoms with Crippen molar-refractivity contribution in [2.75, 3.05) is 10.6 Å². The summed E-state index contributed by atoms with van der Waals surface area (Å²) in [5, 5.41) is 18.7. The van der Waals surface area contributed by atoms with E-state index in [9.17, 15) is 10.1 Å². The molecule has 0 aromatic heterocycles. The molecule has 2 aromatic carbocycles. The Morgan fingerprint density at radius 3 is 2.00 bits per heavy atom. The molecule has 0 aliphatic carbocycles. The molecule has 2 aromatic rings. The molecule has 138 valence electrons. The van der Waals surface area contributed by atoms with Crippen molar-refractivity contribution in [2.24, 2.45) is 5.73 Å². The van der Waals surface area contributed by atoms with Gasteiger partial charge in [0.1, 0.15) is 11.1 Å². The van der Waals surface area contributed by atoms with E-state index in [1.165, 1.54) is 0 Å². The second kappa shape index (κ2) is 8.97. The summed E-state index contributed by atoms with van der Waals surface area (Å²) in [6.07, 6.45) is 0. The maximum Gasteiger partial charge on any atom is 0.265 e. The number of nitrogens with zero attached hydrogens (tertiary/aromatic N) is 1. The molecule has 2 rings (SSSR count). The molecule has 5 N–H and O–H groups in total. The third kappa shape index (κ3) is 5.28. The van der Waals surface area contributed by atoms with Gasteiger partial charge in [-0.2, -0.15) is 5.26 Å². The lowest BCUT2D eigenvalue weighted by molar-refractivity contribution is -0.119. The number of hydrogen-bond acceptors (Lipinski definition) is 4. The molecule has 0 spiro atoms. The number of nitriles is 1. The largest absolute Gasteiger partial charge is 0.366 e. The zero-order valence-corrected chi connectivity index (χ0v) is 16.8. The van der Waals surface area contributed by atoms with Gasteiger partial charge >= 0.3 is 0 Å². The Kier molecular flexibility index (Phi) is 6.93. The molecule has 1 atom stereocenters. The summed E-state index contributed by atoms with van der Waals surface area (Å²) in [4.78, 5) is 11.9. The minimum Gasteiger partial charge on any atom is -0.366 e. The molecule has 1 amide bonds. The lowest BCUT2D eigenvalue weighted by Crippen LogP contribution is -2.63. The smallest absolute Gasteiger partial charge is 0.265 e. The van der Waals surface area contributed by atoms with Gasteiger partial charge in [0, 0.05) is 21.4 Å². The van der Waals surface area contributed by atoms with Gasteiger partial charge in [0.2, 0.25) is 0 Å². The van der Waals surface area contributed by atoms with E-state index in [-0.39, 0.29) is 10.1 Å². The molecular formula is C17H13Cl2N5OS2. The van der Waals surface area contributed by atoms with Gasteiger partial charge in [-0.3, -0.25) is 4.79 Å². The second-order valence-electron chi connectivity index (χ2n) is 5.28. The van der Waals surface area contributed by atoms with E-state index in [2.05, 4.69) is 16.0 Å². The topological polar surface area (TPSA) is 103 Å². The van der Waals surface area contributed by atoms with Crippen LogP contribution < -0.4 is 21.7 Å². The molecule has 6 nitrogen and oxygen atoms in total. The molecule has 0 heterocycles. The number of nitrogens with two attached hydrogens (primary N) is 1. The number of nitrogens with one attached hydrogen (secondary N) is 3. The standard InChI is InChI=1S/C17H13Cl2N5OS2/c18-10-3-1-5-12(7-10)22-15(26)17(9-20,14(21)25)24-16(27)23-13-6-2-4-11(19)8-13/h1-8H,(H2,21,25)(H,22,26)(H2,23,24,27)/t17-/m0/s1. The fourth-order valence-electron chi connectivity index (χ4n) is 2.05. The molecule has 27 heavy (non-hydrogen) atoms. The summed E-state index contributed by atoms with van der Waals surface area (Å²) in [7, 11) is 0. The van der Waals surface area contributed by atoms with Crippen LogP contribution in [0.2, 0.25) is 10.0 Å². The predicted molar refractivity (Wildman–Crippen MR) is 116 cm³/mol. The number of amides is 1. The SMILES string of the molecule is N#C[C@](NC(=S)Nc1cccc(Cl)c1)(C(N)=O)C(=S)Nc1cccc(Cl)c1. The van der Waals surface area contributed by atoms with Gasteiger partial charge in [0.25, 0.3) is 11.4 Å². The van der Waals surface area contributed by atoms with Crippen LogP contribution >= 0.6 is 47.6 Å². The van der Waals surface area contributed by atoms with Crippen LogP contribution in [-0.4, -0.2) is 21.5 Å². The summed E-state index contributed by atoms with van der Waals surface area (Å²) in [6.45, 7) is 0. The second-order valence-corrected chi connectivity index (χ2v) is 6.97. The number of anilines is 2. The number of carbonyl (C=O) groups is 1. The van der Waals surface area contributed by atoms with Gasteiger partial charge in [-0.05, 0) is 48.6 Å². The Morgan fingerprint density at radius 1 is 1.04 bits per heavy atom. The van der Waals surface area contributed by atoms with Gasteiger partial charge in [-0.25, -0.2) is 0 Å². The average molecular weight is 438 g/mol. The van der Waals surface area contributed by atoms with E-state index in [1.54, 1.807) is 54.6 Å². The van der Waals surface area contributed by atoms with Crippen molar-refractivity contribution in [3.63, 3.8) is 0 Å². The fourth-order valence-corrected chi connectivity index (χ4v) is 3.02. The summed E-state index contributed by atoms with van der Waals surface area (Å²) in [5.41, 5.74) is 4.43. The van der Waals surface area contributed by atoms with E-state index < -0.39 is 11.4 Å². The molecule has 0 aliphatic rings. The van der Waals surface area contributed by atoms with Crippen molar-refractivity contribution in [1.82, 2.24) is 5.32 Å². The maximum absolute atomic E-state index is 12.1. The molecule has 0 saturated heterocycles. The van der Waals surface area contributed by atoms with Gasteiger partial charge in [-0.1, -0.05) is 47.6 Å². The highest BCUT2D eigenvalue weighted by atomic mass is 35.5. The van der Waals surface area contributed by atoms with Gasteiger partial charge in [-0.15, -0.1) is 0 Å². The lowest BCUT2D eigenvalue weighted by atomic mass is 10.0. The summed E-state index contributed by atoms with van der Waals surface area (Å²) >= 11 is 22.3. The van der Waals surface area contributed by atoms with Crippen molar-refractivity contribution in [1.29, 1.82) is 5.26 Å². The number of rotatable bonds is 5. The first-order chi connectivity index (χ1) is 12.8. The van der Waals surface area contributed by atoms with Crippen molar-refractivity contribution >= 4 is 75.0 Å². The minimum atomic E-state index is -2.07. The summed E-state index contributed by atoms with van der Waals surface area (Å²) < 4.78 is 0. The van der Waals surface area contributed by atoms with E-state index in [0.717, 1.165) is 0 Å². The maximum atomic E-state index is 12.1. The molecule has 0 aliphatic heterocycles. The van der Waals surface area contributed by atoms with Crippen LogP contribution in [0.4, 0.5) is 11.4 Å². The zero-order chi connectivity index (χ0) is 20.0. The molecule has 0 saturated carbocycles. The van der Waals surface area contributed by atoms with E-state index in [0.29, 0.717) is 21.4 Å². The van der Waals surface area contributed by atoms with Crippen LogP contribution in [0.5, 0.6) is 0 Å². The Balaban J connectivity index is 2.22. The van der Waals surface area contributed by atoms with Gasteiger partial charge in [0.05, 0.1) is 0 Å². The normalized spacial score (nSPS) is 12.2. The third-order valence-electron chi connectivity index (χ3n) is 3.34. The Morgan fingerprint density at radius 2 is 1.56 bits per heavy atom. The Bertz CT molecular complexity index is 947. The first-order valence-corrected chi connectivity index (χ1v) is 8.97. The number of primary amides is 1. The van der Waals surface area contributed by atoms with E-state index in [4.69, 9.17) is 53.4 Å². The molecular weight excluding hydrogens is 425 g/mol. The molecule has 0 fully saturated rings. The minimum absolute atomic E-state index is 0.0344.